The van der Waals surface area contributed by atoms with Crippen LogP contribution in [-0.4, -0.2) is 49.6 Å². The van der Waals surface area contributed by atoms with Gasteiger partial charge in [0.2, 0.25) is 0 Å². The molecule has 1 aliphatic rings. The standard InChI is InChI=1S/C16H21O8P/c1-5-21-13(17)9-10(14(18)22-6-2)12(16(20)24-8-4)25-11(9)15(19)23-7-3/h17H,5-8H2,1-4H3/p-1. The molecule has 8 nitrogen and oxygen atoms in total. The molecule has 0 amide bonds. The fourth-order valence-corrected chi connectivity index (χ4v) is 3.12. The van der Waals surface area contributed by atoms with Crippen molar-refractivity contribution in [3.8, 4) is 0 Å². The van der Waals surface area contributed by atoms with E-state index in [0.717, 1.165) is 0 Å². The van der Waals surface area contributed by atoms with Gasteiger partial charge < -0.3 is 24.1 Å². The number of rotatable bonds is 8. The molecule has 0 N–H and O–H groups in total. The molecule has 0 aromatic rings. The molecule has 25 heavy (non-hydrogen) atoms. The van der Waals surface area contributed by atoms with Gasteiger partial charge in [0, 0.05) is 5.57 Å². The average Bonchev–Trinajstić information content (AvgIpc) is 2.96. The van der Waals surface area contributed by atoms with Gasteiger partial charge in [-0.3, -0.25) is 0 Å². The molecule has 138 valence electrons. The van der Waals surface area contributed by atoms with Gasteiger partial charge in [-0.15, -0.1) is 0 Å². The lowest BCUT2D eigenvalue weighted by Crippen LogP contribution is -2.26. The third kappa shape index (κ3) is 4.82. The van der Waals surface area contributed by atoms with Gasteiger partial charge in [0.25, 0.3) is 0 Å². The van der Waals surface area contributed by atoms with Crippen LogP contribution < -0.4 is 5.11 Å². The monoisotopic (exact) mass is 371 g/mol. The second-order valence-electron chi connectivity index (χ2n) is 4.44. The zero-order chi connectivity index (χ0) is 19.0. The number of carbonyl (C=O) groups excluding carboxylic acids is 3. The molecule has 0 saturated heterocycles. The maximum atomic E-state index is 12.3. The molecule has 0 bridgehead atoms. The summed E-state index contributed by atoms with van der Waals surface area (Å²) >= 11 is 0. The van der Waals surface area contributed by atoms with Crippen LogP contribution in [0.1, 0.15) is 27.7 Å². The van der Waals surface area contributed by atoms with E-state index in [4.69, 9.17) is 18.9 Å². The van der Waals surface area contributed by atoms with Crippen LogP contribution in [-0.2, 0) is 33.3 Å². The number of hydrogen-bond donors (Lipinski definition) is 0. The first kappa shape index (κ1) is 20.7. The minimum Gasteiger partial charge on any atom is -0.613 e. The first-order chi connectivity index (χ1) is 11.9. The Morgan fingerprint density at radius 1 is 0.800 bits per heavy atom. The SMILES string of the molecule is CCOC(=O)C1=PC(C(=O)OCC)=C(C(=O)OCC)C1=C([O-])OCC. The fraction of sp³-hybridized carbons (Fsp3) is 0.500. The minimum absolute atomic E-state index is 0.0279. The molecule has 1 aliphatic heterocycles. The average molecular weight is 371 g/mol. The highest BCUT2D eigenvalue weighted by molar-refractivity contribution is 7.51. The predicted octanol–water partition coefficient (Wildman–Crippen LogP) is 0.670. The van der Waals surface area contributed by atoms with Crippen molar-refractivity contribution in [2.45, 2.75) is 27.7 Å². The molecule has 0 radical (unpaired) electrons. The number of carbonyl (C=O) groups is 3. The second kappa shape index (κ2) is 9.84. The molecule has 1 heterocycles. The van der Waals surface area contributed by atoms with Gasteiger partial charge in [0.05, 0.1) is 36.6 Å². The first-order valence-electron chi connectivity index (χ1n) is 7.81. The van der Waals surface area contributed by atoms with E-state index in [1.54, 1.807) is 27.7 Å². The van der Waals surface area contributed by atoms with Crippen molar-refractivity contribution in [1.29, 1.82) is 0 Å². The predicted molar refractivity (Wildman–Crippen MR) is 87.5 cm³/mol. The summed E-state index contributed by atoms with van der Waals surface area (Å²) in [5.41, 5.74) is -0.632. The zero-order valence-electron chi connectivity index (χ0n) is 14.5. The van der Waals surface area contributed by atoms with E-state index in [1.165, 1.54) is 0 Å². The van der Waals surface area contributed by atoms with Crippen LogP contribution in [0.25, 0.3) is 0 Å². The van der Waals surface area contributed by atoms with E-state index in [1.807, 2.05) is 0 Å². The van der Waals surface area contributed by atoms with Crippen molar-refractivity contribution in [3.63, 3.8) is 0 Å². The molecular formula is C16H20O8P-. The summed E-state index contributed by atoms with van der Waals surface area (Å²) in [5.74, 6) is -3.43. The van der Waals surface area contributed by atoms with E-state index in [2.05, 4.69) is 0 Å². The lowest BCUT2D eigenvalue weighted by Gasteiger charge is -2.19. The fourth-order valence-electron chi connectivity index (χ4n) is 1.96. The molecular weight excluding hydrogens is 351 g/mol. The largest absolute Gasteiger partial charge is 0.613 e. The van der Waals surface area contributed by atoms with E-state index < -0.39 is 23.9 Å². The summed E-state index contributed by atoms with van der Waals surface area (Å²) in [4.78, 5) is 36.7. The first-order valence-corrected chi connectivity index (χ1v) is 8.71. The van der Waals surface area contributed by atoms with Crippen LogP contribution in [0.3, 0.4) is 0 Å². The van der Waals surface area contributed by atoms with E-state index in [0.29, 0.717) is 0 Å². The van der Waals surface area contributed by atoms with Gasteiger partial charge in [0.1, 0.15) is 5.31 Å². The maximum Gasteiger partial charge on any atom is 0.343 e. The third-order valence-electron chi connectivity index (χ3n) is 2.84. The summed E-state index contributed by atoms with van der Waals surface area (Å²) in [5, 5.41) is 12.0. The van der Waals surface area contributed by atoms with Crippen LogP contribution in [0.15, 0.2) is 22.4 Å². The summed E-state index contributed by atoms with van der Waals surface area (Å²) in [6, 6.07) is 0. The van der Waals surface area contributed by atoms with Gasteiger partial charge in [0.15, 0.2) is 0 Å². The van der Waals surface area contributed by atoms with Crippen LogP contribution in [0.5, 0.6) is 0 Å². The highest BCUT2D eigenvalue weighted by Crippen LogP contribution is 2.38. The molecule has 0 unspecified atom stereocenters. The number of ether oxygens (including phenoxy) is 4. The Balaban J connectivity index is 3.56. The molecule has 0 fully saturated rings. The van der Waals surface area contributed by atoms with Crippen molar-refractivity contribution in [3.05, 3.63) is 22.4 Å². The van der Waals surface area contributed by atoms with E-state index >= 15 is 0 Å². The Labute approximate surface area is 147 Å². The topological polar surface area (TPSA) is 111 Å². The van der Waals surface area contributed by atoms with Gasteiger partial charge in [-0.05, 0) is 35.6 Å². The Hall–Kier alpha value is -2.34. The third-order valence-corrected chi connectivity index (χ3v) is 4.10. The summed E-state index contributed by atoms with van der Waals surface area (Å²) in [7, 11) is 0.0373. The van der Waals surface area contributed by atoms with Crippen LogP contribution >= 0.6 is 8.20 Å². The molecule has 9 heteroatoms. The molecule has 0 aromatic carbocycles. The molecule has 1 rings (SSSR count). The summed E-state index contributed by atoms with van der Waals surface area (Å²) < 4.78 is 19.7. The Morgan fingerprint density at radius 2 is 1.28 bits per heavy atom. The van der Waals surface area contributed by atoms with Crippen LogP contribution in [0.4, 0.5) is 0 Å². The smallest absolute Gasteiger partial charge is 0.343 e. The van der Waals surface area contributed by atoms with Crippen molar-refractivity contribution >= 4 is 31.4 Å². The summed E-state index contributed by atoms with van der Waals surface area (Å²) in [6.07, 6.45) is 0. The Morgan fingerprint density at radius 3 is 1.80 bits per heavy atom. The molecule has 0 atom stereocenters. The second-order valence-corrected chi connectivity index (χ2v) is 5.56. The lowest BCUT2D eigenvalue weighted by molar-refractivity contribution is -0.357. The van der Waals surface area contributed by atoms with Crippen molar-refractivity contribution < 1.29 is 38.4 Å². The molecule has 0 saturated carbocycles. The van der Waals surface area contributed by atoms with Crippen molar-refractivity contribution in [2.75, 3.05) is 26.4 Å². The van der Waals surface area contributed by atoms with Crippen LogP contribution in [0.2, 0.25) is 0 Å². The zero-order valence-corrected chi connectivity index (χ0v) is 15.4. The Bertz CT molecular complexity index is 645. The lowest BCUT2D eigenvalue weighted by atomic mass is 10.0. The normalized spacial score (nSPS) is 16.1. The maximum absolute atomic E-state index is 12.3. The van der Waals surface area contributed by atoms with Gasteiger partial charge in [-0.2, -0.15) is 0 Å². The van der Waals surface area contributed by atoms with E-state index in [-0.39, 0.29) is 56.4 Å². The van der Waals surface area contributed by atoms with Crippen LogP contribution in [0, 0.1) is 0 Å². The molecule has 0 aliphatic carbocycles. The van der Waals surface area contributed by atoms with E-state index in [9.17, 15) is 19.5 Å². The van der Waals surface area contributed by atoms with Gasteiger partial charge >= 0.3 is 17.9 Å². The molecule has 0 spiro atoms. The Kier molecular flexibility index (Phi) is 8.15. The minimum atomic E-state index is -0.902. The van der Waals surface area contributed by atoms with Gasteiger partial charge in [-0.25, -0.2) is 14.4 Å². The van der Waals surface area contributed by atoms with Crippen molar-refractivity contribution in [1.82, 2.24) is 0 Å². The highest BCUT2D eigenvalue weighted by atomic mass is 31.1. The van der Waals surface area contributed by atoms with Gasteiger partial charge in [-0.1, -0.05) is 6.92 Å². The number of esters is 3. The summed E-state index contributed by atoms with van der Waals surface area (Å²) in [6.45, 7) is 6.54. The molecule has 0 aromatic heterocycles. The quantitative estimate of drug-likeness (QED) is 0.265. The highest BCUT2D eigenvalue weighted by Gasteiger charge is 2.37. The number of hydrogen-bond acceptors (Lipinski definition) is 8. The van der Waals surface area contributed by atoms with Crippen molar-refractivity contribution in [2.24, 2.45) is 0 Å².